The van der Waals surface area contributed by atoms with E-state index in [4.69, 9.17) is 0 Å². The third kappa shape index (κ3) is 6.21. The minimum absolute atomic E-state index is 0.0587. The number of rotatable bonds is 6. The lowest BCUT2D eigenvalue weighted by Gasteiger charge is -2.38. The van der Waals surface area contributed by atoms with Gasteiger partial charge in [-0.3, -0.25) is 17.5 Å². The van der Waals surface area contributed by atoms with Crippen molar-refractivity contribution in [1.82, 2.24) is 18.3 Å². The zero-order valence-electron chi connectivity index (χ0n) is 20.9. The SMILES string of the molecule is CC(=O)N(I)C(C(=O)N1CC(O)CC1C(=O)NC(C)c1ccc(-c2scnc2C)cc1)C(C)(C)C. The Hall–Kier alpha value is -2.05. The number of carbonyl (C=O) groups is 3. The van der Waals surface area contributed by atoms with Gasteiger partial charge in [0.15, 0.2) is 0 Å². The van der Waals surface area contributed by atoms with Gasteiger partial charge in [0.05, 0.1) is 51.1 Å². The monoisotopic (exact) mass is 612 g/mol. The molecule has 0 bridgehead atoms. The fraction of sp³-hybridized carbons (Fsp3) is 0.520. The number of aliphatic hydroxyl groups is 1. The van der Waals surface area contributed by atoms with Gasteiger partial charge in [-0.25, -0.2) is 4.98 Å². The van der Waals surface area contributed by atoms with E-state index in [1.807, 2.05) is 87.3 Å². The van der Waals surface area contributed by atoms with Crippen molar-refractivity contribution in [2.75, 3.05) is 6.54 Å². The number of aliphatic hydroxyl groups excluding tert-OH is 1. The Morgan fingerprint density at radius 2 is 1.89 bits per heavy atom. The minimum Gasteiger partial charge on any atom is -0.391 e. The molecule has 3 rings (SSSR count). The number of nitrogens with zero attached hydrogens (tertiary/aromatic N) is 3. The van der Waals surface area contributed by atoms with Gasteiger partial charge >= 0.3 is 0 Å². The van der Waals surface area contributed by atoms with Gasteiger partial charge in [-0.05, 0) is 30.4 Å². The van der Waals surface area contributed by atoms with E-state index < -0.39 is 23.6 Å². The van der Waals surface area contributed by atoms with Crippen molar-refractivity contribution in [3.05, 3.63) is 41.0 Å². The summed E-state index contributed by atoms with van der Waals surface area (Å²) in [6, 6.07) is 6.12. The van der Waals surface area contributed by atoms with Crippen molar-refractivity contribution in [1.29, 1.82) is 0 Å². The molecule has 4 atom stereocenters. The van der Waals surface area contributed by atoms with E-state index in [2.05, 4.69) is 10.3 Å². The molecule has 2 aromatic rings. The number of nitrogens with one attached hydrogen (secondary N) is 1. The molecule has 10 heteroatoms. The first kappa shape index (κ1) is 27.5. The third-order valence-electron chi connectivity index (χ3n) is 6.22. The Morgan fingerprint density at radius 3 is 2.40 bits per heavy atom. The molecular weight excluding hydrogens is 579 g/mol. The van der Waals surface area contributed by atoms with Crippen molar-refractivity contribution < 1.29 is 19.5 Å². The van der Waals surface area contributed by atoms with Crippen LogP contribution in [0.3, 0.4) is 0 Å². The molecule has 2 heterocycles. The van der Waals surface area contributed by atoms with Crippen molar-refractivity contribution in [3.8, 4) is 10.4 Å². The Balaban J connectivity index is 1.75. The van der Waals surface area contributed by atoms with Crippen LogP contribution in [0.4, 0.5) is 0 Å². The zero-order chi connectivity index (χ0) is 26.1. The van der Waals surface area contributed by atoms with Crippen LogP contribution in [0.2, 0.25) is 0 Å². The summed E-state index contributed by atoms with van der Waals surface area (Å²) < 4.78 is 1.38. The lowest BCUT2D eigenvalue weighted by Crippen LogP contribution is -2.56. The van der Waals surface area contributed by atoms with Gasteiger partial charge in [0.25, 0.3) is 0 Å². The van der Waals surface area contributed by atoms with E-state index in [0.29, 0.717) is 0 Å². The highest BCUT2D eigenvalue weighted by molar-refractivity contribution is 14.1. The first-order valence-corrected chi connectivity index (χ1v) is 13.4. The normalized spacial score (nSPS) is 19.8. The Morgan fingerprint density at radius 1 is 1.26 bits per heavy atom. The molecular formula is C25H33IN4O4S. The van der Waals surface area contributed by atoms with E-state index >= 15 is 0 Å². The van der Waals surface area contributed by atoms with E-state index in [1.54, 1.807) is 11.3 Å². The van der Waals surface area contributed by atoms with Crippen molar-refractivity contribution in [3.63, 3.8) is 0 Å². The average molecular weight is 613 g/mol. The number of thiazole rings is 1. The Bertz CT molecular complexity index is 1080. The van der Waals surface area contributed by atoms with Crippen LogP contribution in [0.15, 0.2) is 29.8 Å². The highest BCUT2D eigenvalue weighted by Crippen LogP contribution is 2.32. The van der Waals surface area contributed by atoms with Gasteiger partial charge < -0.3 is 15.3 Å². The highest BCUT2D eigenvalue weighted by Gasteiger charge is 2.46. The van der Waals surface area contributed by atoms with E-state index in [1.165, 1.54) is 14.9 Å². The van der Waals surface area contributed by atoms with Crippen LogP contribution in [-0.4, -0.2) is 60.6 Å². The maximum absolute atomic E-state index is 13.6. The Labute approximate surface area is 224 Å². The molecule has 1 saturated heterocycles. The molecule has 8 nitrogen and oxygen atoms in total. The molecule has 190 valence electrons. The number of halogens is 1. The molecule has 4 unspecified atom stereocenters. The summed E-state index contributed by atoms with van der Waals surface area (Å²) in [4.78, 5) is 45.7. The predicted molar refractivity (Wildman–Crippen MR) is 145 cm³/mol. The lowest BCUT2D eigenvalue weighted by molar-refractivity contribution is -0.146. The number of aromatic nitrogens is 1. The molecule has 1 aromatic carbocycles. The van der Waals surface area contributed by atoms with Crippen molar-refractivity contribution in [2.24, 2.45) is 5.41 Å². The maximum atomic E-state index is 13.6. The van der Waals surface area contributed by atoms with Gasteiger partial charge in [0.2, 0.25) is 17.7 Å². The quantitative estimate of drug-likeness (QED) is 0.381. The van der Waals surface area contributed by atoms with Gasteiger partial charge in [-0.15, -0.1) is 11.3 Å². The second kappa shape index (κ2) is 10.9. The second-order valence-corrected chi connectivity index (χ2v) is 12.0. The molecule has 35 heavy (non-hydrogen) atoms. The summed E-state index contributed by atoms with van der Waals surface area (Å²) in [6.07, 6.45) is -0.640. The molecule has 1 aliphatic rings. The smallest absolute Gasteiger partial charge is 0.247 e. The second-order valence-electron chi connectivity index (χ2n) is 10.1. The van der Waals surface area contributed by atoms with Gasteiger partial charge in [0.1, 0.15) is 12.1 Å². The van der Waals surface area contributed by atoms with Crippen LogP contribution in [0.25, 0.3) is 10.4 Å². The molecule has 0 radical (unpaired) electrons. The van der Waals surface area contributed by atoms with E-state index in [0.717, 1.165) is 21.7 Å². The van der Waals surface area contributed by atoms with Crippen LogP contribution in [0.5, 0.6) is 0 Å². The van der Waals surface area contributed by atoms with Crippen LogP contribution >= 0.6 is 34.2 Å². The summed E-state index contributed by atoms with van der Waals surface area (Å²) in [7, 11) is 0. The molecule has 3 amide bonds. The fourth-order valence-corrected chi connectivity index (χ4v) is 6.23. The first-order valence-electron chi connectivity index (χ1n) is 11.6. The number of likely N-dealkylation sites (tertiary alicyclic amines) is 1. The topological polar surface area (TPSA) is 103 Å². The number of amides is 3. The minimum atomic E-state index is -0.805. The lowest BCUT2D eigenvalue weighted by atomic mass is 9.85. The summed E-state index contributed by atoms with van der Waals surface area (Å²) in [5.74, 6) is -0.902. The van der Waals surface area contributed by atoms with E-state index in [-0.39, 0.29) is 36.7 Å². The molecule has 0 aliphatic carbocycles. The van der Waals surface area contributed by atoms with E-state index in [9.17, 15) is 19.5 Å². The first-order chi connectivity index (χ1) is 16.3. The largest absolute Gasteiger partial charge is 0.391 e. The molecule has 0 spiro atoms. The molecule has 0 saturated carbocycles. The molecule has 1 fully saturated rings. The standard InChI is InChI=1S/C25H33IN4O4S/c1-14(17-7-9-18(10-8-17)21-15(2)27-13-35-21)28-23(33)20-11-19(32)12-29(20)24(34)22(25(4,5)6)30(26)16(3)31/h7-10,13-14,19-20,22,32H,11-12H2,1-6H3,(H,28,33). The van der Waals surface area contributed by atoms with Crippen LogP contribution < -0.4 is 5.32 Å². The average Bonchev–Trinajstić information content (AvgIpc) is 3.38. The van der Waals surface area contributed by atoms with Crippen molar-refractivity contribution >= 4 is 51.9 Å². The molecule has 1 aliphatic heterocycles. The number of hydrogen-bond acceptors (Lipinski definition) is 6. The number of β-amino-alcohol motifs (C(OH)–C–C–N with tert-alkyl or cyclic N) is 1. The van der Waals surface area contributed by atoms with Crippen molar-refractivity contribution in [2.45, 2.75) is 72.2 Å². The summed E-state index contributed by atoms with van der Waals surface area (Å²) >= 11 is 3.44. The van der Waals surface area contributed by atoms with Gasteiger partial charge in [-0.1, -0.05) is 45.0 Å². The third-order valence-corrected chi connectivity index (χ3v) is 8.44. The zero-order valence-corrected chi connectivity index (χ0v) is 23.9. The number of aryl methyl sites for hydroxylation is 1. The maximum Gasteiger partial charge on any atom is 0.247 e. The van der Waals surface area contributed by atoms with Gasteiger partial charge in [-0.2, -0.15) is 0 Å². The van der Waals surface area contributed by atoms with Crippen LogP contribution in [-0.2, 0) is 14.4 Å². The summed E-state index contributed by atoms with van der Waals surface area (Å²) in [5.41, 5.74) is 4.26. The number of hydrogen-bond donors (Lipinski definition) is 2. The number of carbonyl (C=O) groups excluding carboxylic acids is 3. The molecule has 2 N–H and O–H groups in total. The fourth-order valence-electron chi connectivity index (χ4n) is 4.35. The van der Waals surface area contributed by atoms with Gasteiger partial charge in [0, 0.05) is 19.9 Å². The van der Waals surface area contributed by atoms with Crippen LogP contribution in [0.1, 0.15) is 58.3 Å². The molecule has 1 aromatic heterocycles. The predicted octanol–water partition coefficient (Wildman–Crippen LogP) is 3.87. The summed E-state index contributed by atoms with van der Waals surface area (Å²) in [6.45, 7) is 11.0. The summed E-state index contributed by atoms with van der Waals surface area (Å²) in [5, 5.41) is 13.3. The highest BCUT2D eigenvalue weighted by atomic mass is 127. The number of benzene rings is 1. The van der Waals surface area contributed by atoms with Crippen LogP contribution in [0, 0.1) is 12.3 Å². The Kier molecular flexibility index (Phi) is 8.59.